The van der Waals surface area contributed by atoms with E-state index in [2.05, 4.69) is 26.1 Å². The van der Waals surface area contributed by atoms with E-state index in [1.54, 1.807) is 6.08 Å². The average molecular weight is 227 g/mol. The van der Waals surface area contributed by atoms with Crippen LogP contribution in [0.4, 0.5) is 0 Å². The summed E-state index contributed by atoms with van der Waals surface area (Å²) >= 11 is 0. The van der Waals surface area contributed by atoms with Crippen molar-refractivity contribution in [1.82, 2.24) is 5.32 Å². The van der Waals surface area contributed by atoms with Gasteiger partial charge in [-0.1, -0.05) is 33.8 Å². The van der Waals surface area contributed by atoms with E-state index >= 15 is 0 Å². The van der Waals surface area contributed by atoms with Crippen LogP contribution in [0.5, 0.6) is 0 Å². The van der Waals surface area contributed by atoms with Gasteiger partial charge in [0.15, 0.2) is 0 Å². The molecule has 0 aromatic heterocycles. The molecule has 0 bridgehead atoms. The molecule has 3 heteroatoms. The lowest BCUT2D eigenvalue weighted by atomic mass is 9.90. The van der Waals surface area contributed by atoms with E-state index in [1.807, 2.05) is 6.92 Å². The van der Waals surface area contributed by atoms with Crippen LogP contribution in [-0.4, -0.2) is 23.2 Å². The molecule has 0 rings (SSSR count). The van der Waals surface area contributed by atoms with Gasteiger partial charge in [-0.2, -0.15) is 0 Å². The summed E-state index contributed by atoms with van der Waals surface area (Å²) in [5.41, 5.74) is 0.651. The van der Waals surface area contributed by atoms with Crippen molar-refractivity contribution in [2.45, 2.75) is 58.9 Å². The summed E-state index contributed by atoms with van der Waals surface area (Å²) in [4.78, 5) is 10.8. The van der Waals surface area contributed by atoms with Gasteiger partial charge in [0.25, 0.3) is 0 Å². The van der Waals surface area contributed by atoms with Gasteiger partial charge in [-0.15, -0.1) is 0 Å². The molecule has 16 heavy (non-hydrogen) atoms. The average Bonchev–Trinajstić information content (AvgIpc) is 2.30. The molecule has 0 saturated carbocycles. The van der Waals surface area contributed by atoms with Crippen LogP contribution >= 0.6 is 0 Å². The van der Waals surface area contributed by atoms with Crippen molar-refractivity contribution in [1.29, 1.82) is 0 Å². The van der Waals surface area contributed by atoms with Crippen molar-refractivity contribution in [2.75, 3.05) is 6.54 Å². The second-order valence-corrected chi connectivity index (χ2v) is 4.11. The van der Waals surface area contributed by atoms with E-state index < -0.39 is 5.97 Å². The molecule has 0 aliphatic carbocycles. The van der Waals surface area contributed by atoms with Crippen LogP contribution < -0.4 is 5.32 Å². The fraction of sp³-hybridized carbons (Fsp3) is 0.769. The Hall–Kier alpha value is -0.830. The predicted molar refractivity (Wildman–Crippen MR) is 67.6 cm³/mol. The molecule has 0 aliphatic heterocycles. The zero-order valence-electron chi connectivity index (χ0n) is 11.0. The smallest absolute Gasteiger partial charge is 0.331 e. The van der Waals surface area contributed by atoms with E-state index in [9.17, 15) is 4.79 Å². The molecule has 0 unspecified atom stereocenters. The summed E-state index contributed by atoms with van der Waals surface area (Å²) in [5, 5.41) is 12.3. The summed E-state index contributed by atoms with van der Waals surface area (Å²) < 4.78 is 0. The first-order chi connectivity index (χ1) is 7.55. The van der Waals surface area contributed by atoms with Crippen LogP contribution in [-0.2, 0) is 4.79 Å². The lowest BCUT2D eigenvalue weighted by Gasteiger charge is -2.31. The molecular formula is C13H25NO2. The minimum absolute atomic E-state index is 0.161. The number of aliphatic carboxylic acids is 1. The quantitative estimate of drug-likeness (QED) is 0.627. The summed E-state index contributed by atoms with van der Waals surface area (Å²) in [6, 6.07) is 0. The summed E-state index contributed by atoms with van der Waals surface area (Å²) in [6.07, 6.45) is 5.58. The van der Waals surface area contributed by atoms with E-state index in [1.165, 1.54) is 0 Å². The molecule has 0 aliphatic rings. The van der Waals surface area contributed by atoms with Crippen molar-refractivity contribution in [3.8, 4) is 0 Å². The summed E-state index contributed by atoms with van der Waals surface area (Å²) in [6.45, 7) is 9.02. The molecule has 2 N–H and O–H groups in total. The van der Waals surface area contributed by atoms with Gasteiger partial charge in [0.2, 0.25) is 0 Å². The topological polar surface area (TPSA) is 49.3 Å². The second kappa shape index (κ2) is 7.44. The van der Waals surface area contributed by atoms with Crippen molar-refractivity contribution in [3.05, 3.63) is 11.6 Å². The highest BCUT2D eigenvalue weighted by atomic mass is 16.4. The molecule has 0 saturated heterocycles. The van der Waals surface area contributed by atoms with Crippen LogP contribution in [0.3, 0.4) is 0 Å². The van der Waals surface area contributed by atoms with Gasteiger partial charge in [-0.25, -0.2) is 4.79 Å². The van der Waals surface area contributed by atoms with Gasteiger partial charge in [0.1, 0.15) is 0 Å². The third kappa shape index (κ3) is 4.35. The number of carbonyl (C=O) groups is 1. The maximum Gasteiger partial charge on any atom is 0.331 e. The highest BCUT2D eigenvalue weighted by Gasteiger charge is 2.21. The third-order valence-electron chi connectivity index (χ3n) is 3.51. The fourth-order valence-electron chi connectivity index (χ4n) is 1.90. The molecule has 0 heterocycles. The summed E-state index contributed by atoms with van der Waals surface area (Å²) in [5.74, 6) is -0.806. The molecule has 94 valence electrons. The van der Waals surface area contributed by atoms with Crippen LogP contribution in [0.2, 0.25) is 0 Å². The van der Waals surface area contributed by atoms with Gasteiger partial charge in [-0.3, -0.25) is 0 Å². The van der Waals surface area contributed by atoms with Crippen LogP contribution in [0.15, 0.2) is 11.6 Å². The zero-order chi connectivity index (χ0) is 12.6. The number of nitrogens with one attached hydrogen (secondary N) is 1. The minimum Gasteiger partial charge on any atom is -0.478 e. The van der Waals surface area contributed by atoms with Crippen LogP contribution in [0.1, 0.15) is 53.4 Å². The number of carboxylic acid groups (broad SMARTS) is 1. The van der Waals surface area contributed by atoms with Crippen LogP contribution in [0, 0.1) is 0 Å². The Morgan fingerprint density at radius 3 is 2.00 bits per heavy atom. The largest absolute Gasteiger partial charge is 0.478 e. The molecule has 0 radical (unpaired) electrons. The predicted octanol–water partition coefficient (Wildman–Crippen LogP) is 2.97. The second-order valence-electron chi connectivity index (χ2n) is 4.11. The van der Waals surface area contributed by atoms with Gasteiger partial charge < -0.3 is 10.4 Å². The molecular weight excluding hydrogens is 202 g/mol. The number of hydrogen-bond acceptors (Lipinski definition) is 2. The fourth-order valence-corrected chi connectivity index (χ4v) is 1.90. The first kappa shape index (κ1) is 15.2. The molecule has 0 fully saturated rings. The van der Waals surface area contributed by atoms with Gasteiger partial charge in [0, 0.05) is 17.7 Å². The lowest BCUT2D eigenvalue weighted by molar-refractivity contribution is -0.132. The first-order valence-electron chi connectivity index (χ1n) is 6.22. The molecule has 0 aromatic carbocycles. The highest BCUT2D eigenvalue weighted by molar-refractivity contribution is 5.86. The number of rotatable bonds is 8. The Labute approximate surface area is 98.9 Å². The molecule has 0 aromatic rings. The maximum absolute atomic E-state index is 10.8. The highest BCUT2D eigenvalue weighted by Crippen LogP contribution is 2.18. The normalized spacial score (nSPS) is 12.9. The van der Waals surface area contributed by atoms with E-state index in [0.717, 1.165) is 19.3 Å². The van der Waals surface area contributed by atoms with E-state index in [4.69, 9.17) is 5.11 Å². The van der Waals surface area contributed by atoms with Crippen molar-refractivity contribution in [2.24, 2.45) is 0 Å². The Bertz CT molecular complexity index is 234. The Morgan fingerprint density at radius 1 is 1.19 bits per heavy atom. The van der Waals surface area contributed by atoms with Gasteiger partial charge >= 0.3 is 5.97 Å². The Balaban J connectivity index is 4.37. The maximum atomic E-state index is 10.8. The van der Waals surface area contributed by atoms with E-state index in [0.29, 0.717) is 18.5 Å². The van der Waals surface area contributed by atoms with Crippen LogP contribution in [0.25, 0.3) is 0 Å². The molecule has 0 atom stereocenters. The first-order valence-corrected chi connectivity index (χ1v) is 6.22. The lowest BCUT2D eigenvalue weighted by Crippen LogP contribution is -2.43. The van der Waals surface area contributed by atoms with Crippen molar-refractivity contribution < 1.29 is 9.90 Å². The van der Waals surface area contributed by atoms with Crippen molar-refractivity contribution in [3.63, 3.8) is 0 Å². The Morgan fingerprint density at radius 2 is 1.69 bits per heavy atom. The molecule has 0 amide bonds. The molecule has 3 nitrogen and oxygen atoms in total. The number of carboxylic acids is 1. The minimum atomic E-state index is -0.806. The van der Waals surface area contributed by atoms with Crippen molar-refractivity contribution >= 4 is 5.97 Å². The van der Waals surface area contributed by atoms with Gasteiger partial charge in [-0.05, 0) is 25.7 Å². The standard InChI is InChI=1S/C13H25NO2/c1-5-11(12(15)16)9-10-14-13(6-2,7-3)8-4/h9,14H,5-8,10H2,1-4H3,(H,15,16). The van der Waals surface area contributed by atoms with Gasteiger partial charge in [0.05, 0.1) is 0 Å². The zero-order valence-corrected chi connectivity index (χ0v) is 11.0. The Kier molecular flexibility index (Phi) is 7.06. The monoisotopic (exact) mass is 227 g/mol. The third-order valence-corrected chi connectivity index (χ3v) is 3.51. The number of hydrogen-bond donors (Lipinski definition) is 2. The van der Waals surface area contributed by atoms with E-state index in [-0.39, 0.29) is 5.54 Å². The summed E-state index contributed by atoms with van der Waals surface area (Å²) in [7, 11) is 0. The molecule has 0 spiro atoms. The SMILES string of the molecule is CCC(=CCNC(CC)(CC)CC)C(=O)O.